The van der Waals surface area contributed by atoms with Gasteiger partial charge >= 0.3 is 0 Å². The zero-order valence-electron chi connectivity index (χ0n) is 8.40. The molecule has 0 aromatic rings. The predicted octanol–water partition coefficient (Wildman–Crippen LogP) is 2.87. The fourth-order valence-corrected chi connectivity index (χ4v) is 1.93. The second-order valence-electron chi connectivity index (χ2n) is 4.22. The molecule has 1 unspecified atom stereocenters. The molecule has 1 N–H and O–H groups in total. The molecule has 1 saturated carbocycles. The van der Waals surface area contributed by atoms with E-state index < -0.39 is 0 Å². The molecule has 0 aliphatic heterocycles. The van der Waals surface area contributed by atoms with Gasteiger partial charge in [-0.1, -0.05) is 32.4 Å². The van der Waals surface area contributed by atoms with Crippen LogP contribution in [0.15, 0.2) is 12.2 Å². The van der Waals surface area contributed by atoms with E-state index in [2.05, 4.69) is 25.7 Å². The van der Waals surface area contributed by atoms with Gasteiger partial charge in [0.25, 0.3) is 0 Å². The Bertz CT molecular complexity index is 149. The molecule has 0 spiro atoms. The zero-order valence-corrected chi connectivity index (χ0v) is 8.40. The Morgan fingerprint density at radius 1 is 1.42 bits per heavy atom. The maximum atomic E-state index is 4.09. The van der Waals surface area contributed by atoms with E-state index in [-0.39, 0.29) is 0 Å². The summed E-state index contributed by atoms with van der Waals surface area (Å²) >= 11 is 0. The van der Waals surface area contributed by atoms with Crippen molar-refractivity contribution in [2.75, 3.05) is 0 Å². The first-order valence-corrected chi connectivity index (χ1v) is 5.11. The first-order valence-electron chi connectivity index (χ1n) is 5.11. The van der Waals surface area contributed by atoms with E-state index in [4.69, 9.17) is 0 Å². The van der Waals surface area contributed by atoms with Crippen molar-refractivity contribution >= 4 is 0 Å². The Balaban J connectivity index is 2.36. The lowest BCUT2D eigenvalue weighted by Crippen LogP contribution is -2.34. The van der Waals surface area contributed by atoms with Crippen molar-refractivity contribution in [3.8, 4) is 0 Å². The number of rotatable bonds is 2. The quantitative estimate of drug-likeness (QED) is 0.492. The van der Waals surface area contributed by atoms with Crippen molar-refractivity contribution in [1.29, 1.82) is 0 Å². The number of hydrogen-bond donors (Lipinski definition) is 1. The predicted molar refractivity (Wildman–Crippen MR) is 54.3 cm³/mol. The minimum Gasteiger partial charge on any atom is -0.311 e. The molecule has 70 valence electrons. The van der Waals surface area contributed by atoms with Gasteiger partial charge in [0.15, 0.2) is 0 Å². The van der Waals surface area contributed by atoms with Gasteiger partial charge in [-0.2, -0.15) is 0 Å². The van der Waals surface area contributed by atoms with Crippen molar-refractivity contribution in [2.45, 2.75) is 58.0 Å². The molecule has 0 aromatic carbocycles. The lowest BCUT2D eigenvalue weighted by atomic mass is 10.1. The molecule has 1 rings (SSSR count). The van der Waals surface area contributed by atoms with Crippen LogP contribution in [0.3, 0.4) is 0 Å². The molecule has 1 nitrogen and oxygen atoms in total. The van der Waals surface area contributed by atoms with E-state index in [0.717, 1.165) is 0 Å². The van der Waals surface area contributed by atoms with Crippen molar-refractivity contribution in [3.05, 3.63) is 12.2 Å². The van der Waals surface area contributed by atoms with E-state index in [1.54, 1.807) is 0 Å². The maximum Gasteiger partial charge on any atom is 0.0106 e. The summed E-state index contributed by atoms with van der Waals surface area (Å²) in [7, 11) is 0. The van der Waals surface area contributed by atoms with Crippen LogP contribution in [0.5, 0.6) is 0 Å². The van der Waals surface area contributed by atoms with Crippen LogP contribution in [0.2, 0.25) is 0 Å². The van der Waals surface area contributed by atoms with E-state index in [9.17, 15) is 0 Å². The molecule has 12 heavy (non-hydrogen) atoms. The Morgan fingerprint density at radius 3 is 2.83 bits per heavy atom. The summed E-state index contributed by atoms with van der Waals surface area (Å²) in [6, 6.07) is 1.31. The summed E-state index contributed by atoms with van der Waals surface area (Å²) < 4.78 is 0. The molecule has 0 radical (unpaired) electrons. The van der Waals surface area contributed by atoms with Crippen LogP contribution in [0.1, 0.15) is 46.0 Å². The van der Waals surface area contributed by atoms with Gasteiger partial charge in [0.2, 0.25) is 0 Å². The standard InChI is InChI=1S/C11H21N/c1-9(2)12-11-7-5-4-6-10(3)8-11/h9,11-12H,3-8H2,1-2H3. The SMILES string of the molecule is C=C1CCCCC(NC(C)C)C1. The largest absolute Gasteiger partial charge is 0.311 e. The summed E-state index contributed by atoms with van der Waals surface area (Å²) in [5, 5.41) is 3.59. The fourth-order valence-electron chi connectivity index (χ4n) is 1.93. The third-order valence-electron chi connectivity index (χ3n) is 2.44. The van der Waals surface area contributed by atoms with E-state index in [0.29, 0.717) is 12.1 Å². The summed E-state index contributed by atoms with van der Waals surface area (Å²) in [6.45, 7) is 8.52. The van der Waals surface area contributed by atoms with Crippen molar-refractivity contribution in [3.63, 3.8) is 0 Å². The highest BCUT2D eigenvalue weighted by Crippen LogP contribution is 2.21. The van der Waals surface area contributed by atoms with Crippen molar-refractivity contribution in [2.24, 2.45) is 0 Å². The normalized spacial score (nSPS) is 25.9. The Labute approximate surface area is 76.2 Å². The molecule has 0 heterocycles. The fraction of sp³-hybridized carbons (Fsp3) is 0.818. The zero-order chi connectivity index (χ0) is 8.97. The first kappa shape index (κ1) is 9.79. The minimum absolute atomic E-state index is 0.612. The Morgan fingerprint density at radius 2 is 2.17 bits per heavy atom. The third-order valence-corrected chi connectivity index (χ3v) is 2.44. The molecule has 1 atom stereocenters. The minimum atomic E-state index is 0.612. The average molecular weight is 167 g/mol. The maximum absolute atomic E-state index is 4.09. The van der Waals surface area contributed by atoms with Crippen molar-refractivity contribution < 1.29 is 0 Å². The van der Waals surface area contributed by atoms with Gasteiger partial charge < -0.3 is 5.32 Å². The number of hydrogen-bond acceptors (Lipinski definition) is 1. The van der Waals surface area contributed by atoms with Crippen LogP contribution in [0, 0.1) is 0 Å². The molecule has 1 aliphatic carbocycles. The second-order valence-corrected chi connectivity index (χ2v) is 4.22. The summed E-state index contributed by atoms with van der Waals surface area (Å²) in [6.07, 6.45) is 6.48. The molecular formula is C11H21N. The molecule has 0 amide bonds. The molecule has 1 fully saturated rings. The average Bonchev–Trinajstić information content (AvgIpc) is 2.12. The summed E-state index contributed by atoms with van der Waals surface area (Å²) in [5.41, 5.74) is 1.44. The lowest BCUT2D eigenvalue weighted by Gasteiger charge is -2.19. The van der Waals surface area contributed by atoms with Gasteiger partial charge in [0.1, 0.15) is 0 Å². The highest BCUT2D eigenvalue weighted by atomic mass is 14.9. The molecule has 1 aliphatic rings. The lowest BCUT2D eigenvalue weighted by molar-refractivity contribution is 0.438. The molecule has 0 aromatic heterocycles. The van der Waals surface area contributed by atoms with Gasteiger partial charge in [0.05, 0.1) is 0 Å². The summed E-state index contributed by atoms with van der Waals surface area (Å²) in [4.78, 5) is 0. The monoisotopic (exact) mass is 167 g/mol. The smallest absolute Gasteiger partial charge is 0.0106 e. The van der Waals surface area contributed by atoms with Crippen LogP contribution in [-0.4, -0.2) is 12.1 Å². The van der Waals surface area contributed by atoms with Crippen LogP contribution in [-0.2, 0) is 0 Å². The van der Waals surface area contributed by atoms with Crippen LogP contribution in [0.25, 0.3) is 0 Å². The van der Waals surface area contributed by atoms with Crippen LogP contribution in [0.4, 0.5) is 0 Å². The van der Waals surface area contributed by atoms with Crippen LogP contribution < -0.4 is 5.32 Å². The highest BCUT2D eigenvalue weighted by molar-refractivity contribution is 4.99. The highest BCUT2D eigenvalue weighted by Gasteiger charge is 2.14. The second kappa shape index (κ2) is 4.66. The van der Waals surface area contributed by atoms with Gasteiger partial charge in [0, 0.05) is 12.1 Å². The summed E-state index contributed by atoms with van der Waals surface area (Å²) in [5.74, 6) is 0. The van der Waals surface area contributed by atoms with E-state index in [1.165, 1.54) is 37.7 Å². The van der Waals surface area contributed by atoms with Crippen molar-refractivity contribution in [1.82, 2.24) is 5.32 Å². The van der Waals surface area contributed by atoms with E-state index in [1.807, 2.05) is 0 Å². The van der Waals surface area contributed by atoms with Gasteiger partial charge in [-0.15, -0.1) is 0 Å². The van der Waals surface area contributed by atoms with E-state index >= 15 is 0 Å². The topological polar surface area (TPSA) is 12.0 Å². The Hall–Kier alpha value is -0.300. The van der Waals surface area contributed by atoms with Crippen LogP contribution >= 0.6 is 0 Å². The first-order chi connectivity index (χ1) is 5.68. The molecular weight excluding hydrogens is 146 g/mol. The third kappa shape index (κ3) is 3.40. The van der Waals surface area contributed by atoms with Gasteiger partial charge in [-0.25, -0.2) is 0 Å². The Kier molecular flexibility index (Phi) is 3.80. The molecule has 0 saturated heterocycles. The van der Waals surface area contributed by atoms with Gasteiger partial charge in [-0.3, -0.25) is 0 Å². The number of nitrogens with one attached hydrogen (secondary N) is 1. The van der Waals surface area contributed by atoms with Gasteiger partial charge in [-0.05, 0) is 25.7 Å². The molecule has 0 bridgehead atoms. The molecule has 1 heteroatoms.